The molecule has 0 saturated heterocycles. The van der Waals surface area contributed by atoms with E-state index < -0.39 is 15.9 Å². The van der Waals surface area contributed by atoms with Crippen molar-refractivity contribution in [3.05, 3.63) is 59.7 Å². The molecule has 0 aliphatic heterocycles. The highest BCUT2D eigenvalue weighted by Gasteiger charge is 2.25. The van der Waals surface area contributed by atoms with E-state index in [0.29, 0.717) is 12.1 Å². The van der Waals surface area contributed by atoms with E-state index >= 15 is 0 Å². The Hall–Kier alpha value is -2.87. The largest absolute Gasteiger partial charge is 0.349 e. The van der Waals surface area contributed by atoms with Crippen LogP contribution in [0.2, 0.25) is 0 Å². The minimum Gasteiger partial charge on any atom is -0.349 e. The molecule has 2 rings (SSSR count). The Balaban J connectivity index is 2.24. The first kappa shape index (κ1) is 23.4. The standard InChI is InChI=1S/C22H29N3O4S/c1-15(14-22(3,4)17-9-7-6-8-10-17)23-21(27)19-13-18(24-16(2)26)11-12-20(19)25-30(5,28)29/h6-13,15,25H,14H2,1-5H3,(H,23,27)(H,24,26). The third-order valence-electron chi connectivity index (χ3n) is 4.63. The molecule has 1 unspecified atom stereocenters. The summed E-state index contributed by atoms with van der Waals surface area (Å²) in [6.07, 6.45) is 1.70. The van der Waals surface area contributed by atoms with Gasteiger partial charge in [0.05, 0.1) is 17.5 Å². The molecule has 7 nitrogen and oxygen atoms in total. The number of nitrogens with one attached hydrogen (secondary N) is 3. The van der Waals surface area contributed by atoms with Crippen molar-refractivity contribution in [3.8, 4) is 0 Å². The molecule has 0 fully saturated rings. The fraction of sp³-hybridized carbons (Fsp3) is 0.364. The molecule has 2 aromatic carbocycles. The fourth-order valence-electron chi connectivity index (χ4n) is 3.43. The van der Waals surface area contributed by atoms with Gasteiger partial charge >= 0.3 is 0 Å². The van der Waals surface area contributed by atoms with Gasteiger partial charge in [0.1, 0.15) is 0 Å². The molecule has 0 saturated carbocycles. The van der Waals surface area contributed by atoms with Crippen LogP contribution < -0.4 is 15.4 Å². The van der Waals surface area contributed by atoms with Crippen molar-refractivity contribution >= 4 is 33.2 Å². The first-order chi connectivity index (χ1) is 13.9. The number of sulfonamides is 1. The van der Waals surface area contributed by atoms with Gasteiger partial charge in [-0.1, -0.05) is 44.2 Å². The molecule has 0 heterocycles. The summed E-state index contributed by atoms with van der Waals surface area (Å²) in [6, 6.07) is 14.3. The Morgan fingerprint density at radius 2 is 1.70 bits per heavy atom. The molecule has 0 bridgehead atoms. The van der Waals surface area contributed by atoms with Crippen LogP contribution >= 0.6 is 0 Å². The molecule has 162 valence electrons. The molecule has 0 radical (unpaired) electrons. The van der Waals surface area contributed by atoms with Crippen LogP contribution in [0.25, 0.3) is 0 Å². The van der Waals surface area contributed by atoms with Crippen LogP contribution in [0.3, 0.4) is 0 Å². The van der Waals surface area contributed by atoms with E-state index in [-0.39, 0.29) is 28.6 Å². The SMILES string of the molecule is CC(=O)Nc1ccc(NS(C)(=O)=O)c(C(=O)NC(C)CC(C)(C)c2ccccc2)c1. The van der Waals surface area contributed by atoms with Crippen molar-refractivity contribution in [2.45, 2.75) is 45.6 Å². The number of anilines is 2. The molecule has 30 heavy (non-hydrogen) atoms. The van der Waals surface area contributed by atoms with Crippen LogP contribution in [-0.4, -0.2) is 32.5 Å². The van der Waals surface area contributed by atoms with Gasteiger partial charge < -0.3 is 10.6 Å². The second kappa shape index (κ2) is 9.30. The predicted octanol–water partition coefficient (Wildman–Crippen LogP) is 3.50. The monoisotopic (exact) mass is 431 g/mol. The smallest absolute Gasteiger partial charge is 0.253 e. The van der Waals surface area contributed by atoms with Gasteiger partial charge in [-0.05, 0) is 42.5 Å². The number of benzene rings is 2. The van der Waals surface area contributed by atoms with E-state index in [1.54, 1.807) is 0 Å². The summed E-state index contributed by atoms with van der Waals surface area (Å²) >= 11 is 0. The molecule has 2 amide bonds. The van der Waals surface area contributed by atoms with Gasteiger partial charge in [-0.3, -0.25) is 14.3 Å². The minimum absolute atomic E-state index is 0.135. The predicted molar refractivity (Wildman–Crippen MR) is 120 cm³/mol. The highest BCUT2D eigenvalue weighted by atomic mass is 32.2. The summed E-state index contributed by atoms with van der Waals surface area (Å²) in [5.41, 5.74) is 1.69. The number of rotatable bonds is 8. The van der Waals surface area contributed by atoms with Gasteiger partial charge in [-0.25, -0.2) is 8.42 Å². The zero-order valence-electron chi connectivity index (χ0n) is 17.9. The third-order valence-corrected chi connectivity index (χ3v) is 5.22. The maximum absolute atomic E-state index is 13.0. The zero-order valence-corrected chi connectivity index (χ0v) is 18.8. The topological polar surface area (TPSA) is 104 Å². The Morgan fingerprint density at radius 3 is 2.27 bits per heavy atom. The average molecular weight is 432 g/mol. The van der Waals surface area contributed by atoms with Crippen LogP contribution in [0.1, 0.15) is 50.0 Å². The zero-order chi connectivity index (χ0) is 22.5. The van der Waals surface area contributed by atoms with Gasteiger partial charge in [0, 0.05) is 18.7 Å². The first-order valence-corrected chi connectivity index (χ1v) is 11.5. The summed E-state index contributed by atoms with van der Waals surface area (Å²) in [6.45, 7) is 7.48. The Labute approximate surface area is 178 Å². The lowest BCUT2D eigenvalue weighted by molar-refractivity contribution is -0.114. The van der Waals surface area contributed by atoms with Crippen molar-refractivity contribution in [1.29, 1.82) is 0 Å². The molecular weight excluding hydrogens is 402 g/mol. The van der Waals surface area contributed by atoms with E-state index in [1.165, 1.54) is 25.1 Å². The van der Waals surface area contributed by atoms with Crippen LogP contribution in [0.4, 0.5) is 11.4 Å². The molecule has 2 aromatic rings. The number of carbonyl (C=O) groups is 2. The van der Waals surface area contributed by atoms with Crippen LogP contribution in [0, 0.1) is 0 Å². The number of hydrogen-bond donors (Lipinski definition) is 3. The normalized spacial score (nSPS) is 12.7. The number of hydrogen-bond acceptors (Lipinski definition) is 4. The summed E-state index contributed by atoms with van der Waals surface area (Å²) in [5.74, 6) is -0.715. The van der Waals surface area contributed by atoms with Crippen LogP contribution in [-0.2, 0) is 20.2 Å². The molecule has 3 N–H and O–H groups in total. The van der Waals surface area contributed by atoms with E-state index in [0.717, 1.165) is 11.8 Å². The van der Waals surface area contributed by atoms with Gasteiger partial charge in [0.25, 0.3) is 5.91 Å². The van der Waals surface area contributed by atoms with Crippen LogP contribution in [0.15, 0.2) is 48.5 Å². The molecule has 0 spiro atoms. The highest BCUT2D eigenvalue weighted by molar-refractivity contribution is 7.92. The second-order valence-electron chi connectivity index (χ2n) is 8.14. The van der Waals surface area contributed by atoms with E-state index in [2.05, 4.69) is 41.3 Å². The highest BCUT2D eigenvalue weighted by Crippen LogP contribution is 2.28. The van der Waals surface area contributed by atoms with E-state index in [1.807, 2.05) is 25.1 Å². The van der Waals surface area contributed by atoms with Crippen LogP contribution in [0.5, 0.6) is 0 Å². The lowest BCUT2D eigenvalue weighted by atomic mass is 9.79. The van der Waals surface area contributed by atoms with Gasteiger partial charge in [-0.2, -0.15) is 0 Å². The van der Waals surface area contributed by atoms with Gasteiger partial charge in [0.2, 0.25) is 15.9 Å². The fourth-order valence-corrected chi connectivity index (χ4v) is 4.00. The summed E-state index contributed by atoms with van der Waals surface area (Å²) in [7, 11) is -3.58. The van der Waals surface area contributed by atoms with Crippen molar-refractivity contribution < 1.29 is 18.0 Å². The first-order valence-electron chi connectivity index (χ1n) is 9.63. The Kier molecular flexibility index (Phi) is 7.25. The lowest BCUT2D eigenvalue weighted by Gasteiger charge is -2.29. The quantitative estimate of drug-likeness (QED) is 0.595. The molecule has 0 aliphatic rings. The molecule has 0 aromatic heterocycles. The van der Waals surface area contributed by atoms with Crippen molar-refractivity contribution in [3.63, 3.8) is 0 Å². The van der Waals surface area contributed by atoms with Gasteiger partial charge in [-0.15, -0.1) is 0 Å². The summed E-state index contributed by atoms with van der Waals surface area (Å²) in [4.78, 5) is 24.3. The average Bonchev–Trinajstić information content (AvgIpc) is 2.61. The van der Waals surface area contributed by atoms with Crippen molar-refractivity contribution in [2.75, 3.05) is 16.3 Å². The van der Waals surface area contributed by atoms with Crippen molar-refractivity contribution in [1.82, 2.24) is 5.32 Å². The Bertz CT molecular complexity index is 1020. The molecule has 0 aliphatic carbocycles. The molecule has 8 heteroatoms. The van der Waals surface area contributed by atoms with E-state index in [4.69, 9.17) is 0 Å². The Morgan fingerprint density at radius 1 is 1.07 bits per heavy atom. The summed E-state index contributed by atoms with van der Waals surface area (Å²) < 4.78 is 25.7. The maximum atomic E-state index is 13.0. The minimum atomic E-state index is -3.58. The summed E-state index contributed by atoms with van der Waals surface area (Å²) in [5, 5.41) is 5.55. The van der Waals surface area contributed by atoms with Crippen molar-refractivity contribution in [2.24, 2.45) is 0 Å². The molecular formula is C22H29N3O4S. The molecule has 1 atom stereocenters. The van der Waals surface area contributed by atoms with E-state index in [9.17, 15) is 18.0 Å². The lowest BCUT2D eigenvalue weighted by Crippen LogP contribution is -2.37. The van der Waals surface area contributed by atoms with Gasteiger partial charge in [0.15, 0.2) is 0 Å². The third kappa shape index (κ3) is 6.88. The number of amides is 2. The maximum Gasteiger partial charge on any atom is 0.253 e. The number of carbonyl (C=O) groups excluding carboxylic acids is 2. The second-order valence-corrected chi connectivity index (χ2v) is 9.89.